The Morgan fingerprint density at radius 1 is 1.10 bits per heavy atom. The third kappa shape index (κ3) is 5.08. The third-order valence-electron chi connectivity index (χ3n) is 5.42. The van der Waals surface area contributed by atoms with Gasteiger partial charge in [-0.3, -0.25) is 9.69 Å². The normalized spacial score (nSPS) is 18.1. The molecule has 0 N–H and O–H groups in total. The number of carbonyl (C=O) groups excluding carboxylic acids is 1. The van der Waals surface area contributed by atoms with Crippen molar-refractivity contribution in [3.8, 4) is 5.75 Å². The van der Waals surface area contributed by atoms with Gasteiger partial charge in [0.2, 0.25) is 5.91 Å². The van der Waals surface area contributed by atoms with Gasteiger partial charge in [0.05, 0.1) is 24.9 Å². The van der Waals surface area contributed by atoms with Crippen LogP contribution in [0.15, 0.2) is 30.5 Å². The molecular weight excluding hydrogens is 384 g/mol. The van der Waals surface area contributed by atoms with Crippen LogP contribution in [0.5, 0.6) is 5.75 Å². The molecule has 1 aromatic heterocycles. The molecular formula is C22H30N4O2S. The van der Waals surface area contributed by atoms with Crippen molar-refractivity contribution in [2.45, 2.75) is 45.9 Å². The molecule has 0 bridgehead atoms. The second-order valence-corrected chi connectivity index (χ2v) is 9.24. The molecule has 6 nitrogen and oxygen atoms in total. The smallest absolute Gasteiger partial charge is 0.222 e. The monoisotopic (exact) mass is 414 g/mol. The number of hydrogen-bond donors (Lipinski definition) is 0. The zero-order valence-electron chi connectivity index (χ0n) is 17.3. The average Bonchev–Trinajstić information content (AvgIpc) is 3.32. The first-order valence-electron chi connectivity index (χ1n) is 10.5. The van der Waals surface area contributed by atoms with E-state index in [1.807, 2.05) is 17.2 Å². The summed E-state index contributed by atoms with van der Waals surface area (Å²) in [5, 5.41) is 1.14. The number of piperazine rings is 1. The van der Waals surface area contributed by atoms with Crippen molar-refractivity contribution in [3.05, 3.63) is 40.3 Å². The van der Waals surface area contributed by atoms with E-state index in [0.717, 1.165) is 63.0 Å². The first-order valence-corrected chi connectivity index (χ1v) is 11.3. The summed E-state index contributed by atoms with van der Waals surface area (Å²) >= 11 is 1.74. The van der Waals surface area contributed by atoms with Gasteiger partial charge < -0.3 is 14.5 Å². The molecule has 2 fully saturated rings. The quantitative estimate of drug-likeness (QED) is 0.695. The molecule has 0 radical (unpaired) electrons. The van der Waals surface area contributed by atoms with Crippen LogP contribution >= 0.6 is 11.3 Å². The van der Waals surface area contributed by atoms with Crippen LogP contribution in [0.2, 0.25) is 0 Å². The largest absolute Gasteiger partial charge is 0.489 e. The number of aromatic nitrogens is 1. The van der Waals surface area contributed by atoms with Crippen molar-refractivity contribution in [2.24, 2.45) is 0 Å². The number of hydrogen-bond acceptors (Lipinski definition) is 6. The van der Waals surface area contributed by atoms with Crippen LogP contribution in [0, 0.1) is 0 Å². The van der Waals surface area contributed by atoms with Gasteiger partial charge in [0.25, 0.3) is 0 Å². The lowest BCUT2D eigenvalue weighted by Gasteiger charge is -2.36. The molecule has 0 spiro atoms. The van der Waals surface area contributed by atoms with E-state index in [1.165, 1.54) is 10.6 Å². The maximum atomic E-state index is 11.8. The highest BCUT2D eigenvalue weighted by Gasteiger charge is 2.23. The summed E-state index contributed by atoms with van der Waals surface area (Å²) in [6.07, 6.45) is 3.80. The van der Waals surface area contributed by atoms with Crippen molar-refractivity contribution < 1.29 is 9.53 Å². The Morgan fingerprint density at radius 2 is 1.90 bits per heavy atom. The van der Waals surface area contributed by atoms with Crippen LogP contribution < -0.4 is 9.64 Å². The third-order valence-corrected chi connectivity index (χ3v) is 6.39. The predicted molar refractivity (Wildman–Crippen MR) is 116 cm³/mol. The van der Waals surface area contributed by atoms with Crippen LogP contribution in [-0.2, 0) is 17.9 Å². The number of carbonyl (C=O) groups is 1. The van der Waals surface area contributed by atoms with E-state index in [0.29, 0.717) is 6.42 Å². The predicted octanol–water partition coefficient (Wildman–Crippen LogP) is 3.37. The van der Waals surface area contributed by atoms with Crippen molar-refractivity contribution in [1.29, 1.82) is 0 Å². The maximum Gasteiger partial charge on any atom is 0.222 e. The van der Waals surface area contributed by atoms with Gasteiger partial charge in [-0.05, 0) is 32.4 Å². The molecule has 0 saturated carbocycles. The Bertz CT molecular complexity index is 830. The number of ether oxygens (including phenoxy) is 1. The lowest BCUT2D eigenvalue weighted by molar-refractivity contribution is -0.128. The number of amides is 1. The Balaban J connectivity index is 1.30. The Morgan fingerprint density at radius 3 is 2.62 bits per heavy atom. The molecule has 3 heterocycles. The minimum absolute atomic E-state index is 0.174. The number of nitrogens with zero attached hydrogens (tertiary/aromatic N) is 4. The summed E-state index contributed by atoms with van der Waals surface area (Å²) in [5.41, 5.74) is 1.19. The number of thiazole rings is 1. The van der Waals surface area contributed by atoms with Crippen LogP contribution in [0.25, 0.3) is 0 Å². The second kappa shape index (κ2) is 9.13. The number of benzene rings is 1. The van der Waals surface area contributed by atoms with Crippen molar-refractivity contribution in [1.82, 2.24) is 14.8 Å². The second-order valence-electron chi connectivity index (χ2n) is 8.04. The average molecular weight is 415 g/mol. The van der Waals surface area contributed by atoms with Crippen molar-refractivity contribution in [2.75, 3.05) is 37.6 Å². The van der Waals surface area contributed by atoms with E-state index in [1.54, 1.807) is 11.3 Å². The molecule has 7 heteroatoms. The van der Waals surface area contributed by atoms with Crippen molar-refractivity contribution >= 4 is 22.9 Å². The van der Waals surface area contributed by atoms with E-state index in [2.05, 4.69) is 46.8 Å². The molecule has 0 aliphatic carbocycles. The number of anilines is 1. The van der Waals surface area contributed by atoms with Gasteiger partial charge in [-0.15, -0.1) is 11.3 Å². The first-order chi connectivity index (χ1) is 14.1. The number of rotatable bonds is 7. The standard InChI is InChI=1S/C22H30N4O2S/c1-17(2)28-20-7-4-3-6-19(20)25-12-10-24(11-13-25)16-21-23-14-18(29-21)15-26-9-5-8-22(26)27/h3-4,6-7,14,17H,5,8-13,15-16H2,1-2H3. The van der Waals surface area contributed by atoms with Gasteiger partial charge >= 0.3 is 0 Å². The zero-order valence-corrected chi connectivity index (χ0v) is 18.2. The van der Waals surface area contributed by atoms with E-state index < -0.39 is 0 Å². The van der Waals surface area contributed by atoms with Gasteiger partial charge in [-0.2, -0.15) is 0 Å². The van der Waals surface area contributed by atoms with E-state index in [-0.39, 0.29) is 12.0 Å². The fourth-order valence-corrected chi connectivity index (χ4v) is 4.94. The molecule has 4 rings (SSSR count). The zero-order chi connectivity index (χ0) is 20.2. The highest BCUT2D eigenvalue weighted by Crippen LogP contribution is 2.30. The van der Waals surface area contributed by atoms with E-state index >= 15 is 0 Å². The summed E-state index contributed by atoms with van der Waals surface area (Å²) in [6.45, 7) is 10.6. The lowest BCUT2D eigenvalue weighted by atomic mass is 10.2. The summed E-state index contributed by atoms with van der Waals surface area (Å²) in [4.78, 5) is 24.4. The molecule has 2 aliphatic heterocycles. The maximum absolute atomic E-state index is 11.8. The SMILES string of the molecule is CC(C)Oc1ccccc1N1CCN(Cc2ncc(CN3CCCC3=O)s2)CC1. The highest BCUT2D eigenvalue weighted by atomic mass is 32.1. The molecule has 29 heavy (non-hydrogen) atoms. The molecule has 2 saturated heterocycles. The Labute approximate surface area is 177 Å². The molecule has 156 valence electrons. The fourth-order valence-electron chi connectivity index (χ4n) is 3.96. The Kier molecular flexibility index (Phi) is 6.35. The molecule has 0 unspecified atom stereocenters. The van der Waals surface area contributed by atoms with Crippen molar-refractivity contribution in [3.63, 3.8) is 0 Å². The summed E-state index contributed by atoms with van der Waals surface area (Å²) in [7, 11) is 0. The van der Waals surface area contributed by atoms with E-state index in [4.69, 9.17) is 4.74 Å². The van der Waals surface area contributed by atoms with Gasteiger partial charge in [0, 0.05) is 50.2 Å². The first kappa shape index (κ1) is 20.2. The number of likely N-dealkylation sites (tertiary alicyclic amines) is 1. The van der Waals surface area contributed by atoms with Gasteiger partial charge in [-0.1, -0.05) is 12.1 Å². The topological polar surface area (TPSA) is 48.9 Å². The minimum atomic E-state index is 0.174. The number of para-hydroxylation sites is 2. The minimum Gasteiger partial charge on any atom is -0.489 e. The summed E-state index contributed by atoms with van der Waals surface area (Å²) in [5.74, 6) is 1.25. The van der Waals surface area contributed by atoms with Crippen LogP contribution in [-0.4, -0.2) is 59.5 Å². The Hall–Kier alpha value is -2.12. The van der Waals surface area contributed by atoms with Gasteiger partial charge in [0.1, 0.15) is 10.8 Å². The highest BCUT2D eigenvalue weighted by molar-refractivity contribution is 7.11. The molecule has 2 aromatic rings. The van der Waals surface area contributed by atoms with E-state index in [9.17, 15) is 4.79 Å². The van der Waals surface area contributed by atoms with Crippen LogP contribution in [0.3, 0.4) is 0 Å². The molecule has 1 aromatic carbocycles. The van der Waals surface area contributed by atoms with Gasteiger partial charge in [0.15, 0.2) is 0 Å². The van der Waals surface area contributed by atoms with Crippen LogP contribution in [0.4, 0.5) is 5.69 Å². The molecule has 2 aliphatic rings. The summed E-state index contributed by atoms with van der Waals surface area (Å²) < 4.78 is 5.99. The molecule has 1 amide bonds. The van der Waals surface area contributed by atoms with Crippen LogP contribution in [0.1, 0.15) is 36.6 Å². The van der Waals surface area contributed by atoms with Gasteiger partial charge in [-0.25, -0.2) is 4.98 Å². The summed E-state index contributed by atoms with van der Waals surface area (Å²) in [6, 6.07) is 8.33. The fraction of sp³-hybridized carbons (Fsp3) is 0.545. The molecule has 0 atom stereocenters. The lowest BCUT2D eigenvalue weighted by Crippen LogP contribution is -2.46.